The molecule has 0 atom stereocenters. The molecule has 1 aromatic heterocycles. The van der Waals surface area contributed by atoms with Crippen molar-refractivity contribution in [1.82, 2.24) is 19.1 Å². The van der Waals surface area contributed by atoms with Gasteiger partial charge in [0.05, 0.1) is 5.25 Å². The number of carbonyl (C=O) groups excluding carboxylic acids is 2. The smallest absolute Gasteiger partial charge is 0.263 e. The monoisotopic (exact) mass is 576 g/mol. The Kier molecular flexibility index (Phi) is 9.81. The molecule has 0 aromatic carbocycles. The largest absolute Gasteiger partial charge is 0.338 e. The lowest BCUT2D eigenvalue weighted by Crippen LogP contribution is -2.60. The van der Waals surface area contributed by atoms with Crippen LogP contribution in [0.2, 0.25) is 0 Å². The second kappa shape index (κ2) is 12.8. The molecule has 10 heteroatoms. The number of nitrogens with one attached hydrogen (secondary N) is 1. The van der Waals surface area contributed by atoms with Gasteiger partial charge in [-0.25, -0.2) is 8.42 Å². The van der Waals surface area contributed by atoms with Gasteiger partial charge in [-0.15, -0.1) is 0 Å². The Balaban J connectivity index is 1.53. The zero-order chi connectivity index (χ0) is 29.1. The number of rotatable bonds is 7. The molecule has 40 heavy (non-hydrogen) atoms. The van der Waals surface area contributed by atoms with Gasteiger partial charge >= 0.3 is 0 Å². The van der Waals surface area contributed by atoms with E-state index in [2.05, 4.69) is 5.32 Å². The molecule has 1 aliphatic heterocycles. The number of nitrogens with zero attached hydrogens (tertiary/aromatic N) is 3. The van der Waals surface area contributed by atoms with Gasteiger partial charge in [0.25, 0.3) is 11.5 Å². The lowest BCUT2D eigenvalue weighted by molar-refractivity contribution is -0.138. The summed E-state index contributed by atoms with van der Waals surface area (Å²) in [6.07, 6.45) is 12.0. The second-order valence-electron chi connectivity index (χ2n) is 12.7. The van der Waals surface area contributed by atoms with E-state index in [4.69, 9.17) is 0 Å². The van der Waals surface area contributed by atoms with Crippen LogP contribution in [-0.4, -0.2) is 71.0 Å². The van der Waals surface area contributed by atoms with Crippen LogP contribution in [0.3, 0.4) is 0 Å². The number of aryl methyl sites for hydroxylation is 1. The maximum Gasteiger partial charge on any atom is 0.263 e. The Morgan fingerprint density at radius 2 is 1.55 bits per heavy atom. The molecule has 4 rings (SSSR count). The highest BCUT2D eigenvalue weighted by Crippen LogP contribution is 2.27. The minimum atomic E-state index is -3.38. The first-order valence-electron chi connectivity index (χ1n) is 15.3. The van der Waals surface area contributed by atoms with Gasteiger partial charge in [-0.2, -0.15) is 4.31 Å². The topological polar surface area (TPSA) is 109 Å². The molecule has 0 spiro atoms. The third kappa shape index (κ3) is 6.81. The Hall–Kier alpha value is -2.20. The highest BCUT2D eigenvalue weighted by atomic mass is 32.2. The molecule has 2 fully saturated rings. The lowest BCUT2D eigenvalue weighted by Gasteiger charge is -2.38. The molecule has 1 saturated carbocycles. The molecule has 9 nitrogen and oxygen atoms in total. The standard InChI is InChI=1S/C30H48N4O5S/c1-22(2)40(38,39)33-18-16-32(17-19-33)29(37)30(3,4)31-27(35)25-20-24-14-10-5-6-11-15-26(24)34(28(25)36)21-23-12-8-7-9-13-23/h20,22-23H,5-19,21H2,1-4H3,(H,31,35). The number of piperazine rings is 1. The van der Waals surface area contributed by atoms with Crippen LogP contribution in [0.1, 0.15) is 107 Å². The van der Waals surface area contributed by atoms with E-state index in [1.165, 1.54) is 23.6 Å². The van der Waals surface area contributed by atoms with Crippen LogP contribution in [0.25, 0.3) is 0 Å². The van der Waals surface area contributed by atoms with E-state index in [0.29, 0.717) is 12.5 Å². The van der Waals surface area contributed by atoms with Gasteiger partial charge in [0.1, 0.15) is 11.1 Å². The van der Waals surface area contributed by atoms with Gasteiger partial charge in [0.15, 0.2) is 0 Å². The molecule has 1 saturated heterocycles. The normalized spacial score (nSPS) is 20.1. The molecule has 224 valence electrons. The first kappa shape index (κ1) is 30.8. The van der Waals surface area contributed by atoms with E-state index in [0.717, 1.165) is 62.6 Å². The van der Waals surface area contributed by atoms with Crippen molar-refractivity contribution in [2.75, 3.05) is 26.2 Å². The summed E-state index contributed by atoms with van der Waals surface area (Å²) < 4.78 is 28.4. The molecule has 2 amide bonds. The number of sulfonamides is 1. The van der Waals surface area contributed by atoms with Gasteiger partial charge < -0.3 is 14.8 Å². The van der Waals surface area contributed by atoms with Gasteiger partial charge in [-0.3, -0.25) is 14.4 Å². The van der Waals surface area contributed by atoms with Crippen LogP contribution in [0.15, 0.2) is 10.9 Å². The van der Waals surface area contributed by atoms with Crippen molar-refractivity contribution in [1.29, 1.82) is 0 Å². The maximum atomic E-state index is 13.8. The summed E-state index contributed by atoms with van der Waals surface area (Å²) in [4.78, 5) is 42.5. The second-order valence-corrected chi connectivity index (χ2v) is 15.2. The van der Waals surface area contributed by atoms with Crippen molar-refractivity contribution < 1.29 is 18.0 Å². The van der Waals surface area contributed by atoms with Crippen LogP contribution in [0.4, 0.5) is 0 Å². The fourth-order valence-electron chi connectivity index (χ4n) is 6.46. The summed E-state index contributed by atoms with van der Waals surface area (Å²) in [6.45, 7) is 8.25. The summed E-state index contributed by atoms with van der Waals surface area (Å²) in [7, 11) is -3.38. The van der Waals surface area contributed by atoms with Crippen LogP contribution >= 0.6 is 0 Å². The van der Waals surface area contributed by atoms with Crippen molar-refractivity contribution in [3.8, 4) is 0 Å². The first-order chi connectivity index (χ1) is 18.9. The molecule has 3 aliphatic rings. The van der Waals surface area contributed by atoms with E-state index < -0.39 is 26.7 Å². The molecular weight excluding hydrogens is 528 g/mol. The minimum Gasteiger partial charge on any atom is -0.338 e. The first-order valence-corrected chi connectivity index (χ1v) is 16.8. The molecule has 0 bridgehead atoms. The molecule has 1 N–H and O–H groups in total. The molecule has 0 unspecified atom stereocenters. The third-order valence-corrected chi connectivity index (χ3v) is 11.2. The molecule has 0 radical (unpaired) electrons. The van der Waals surface area contributed by atoms with E-state index in [1.54, 1.807) is 38.7 Å². The fourth-order valence-corrected chi connectivity index (χ4v) is 7.73. The number of hydrogen-bond donors (Lipinski definition) is 1. The van der Waals surface area contributed by atoms with Crippen molar-refractivity contribution in [3.63, 3.8) is 0 Å². The number of aromatic nitrogens is 1. The predicted octanol–water partition coefficient (Wildman–Crippen LogP) is 3.48. The van der Waals surface area contributed by atoms with E-state index in [9.17, 15) is 22.8 Å². The highest BCUT2D eigenvalue weighted by molar-refractivity contribution is 7.89. The van der Waals surface area contributed by atoms with E-state index >= 15 is 0 Å². The number of carbonyl (C=O) groups is 2. The fraction of sp³-hybridized carbons (Fsp3) is 0.767. The molecular formula is C30H48N4O5S. The SMILES string of the molecule is CC(C)S(=O)(=O)N1CCN(C(=O)C(C)(C)NC(=O)c2cc3c(n(CC4CCCCC4)c2=O)CCCCCC3)CC1. The highest BCUT2D eigenvalue weighted by Gasteiger charge is 2.38. The average Bonchev–Trinajstić information content (AvgIpc) is 2.90. The van der Waals surface area contributed by atoms with Crippen molar-refractivity contribution in [3.05, 3.63) is 33.2 Å². The van der Waals surface area contributed by atoms with Crippen molar-refractivity contribution >= 4 is 21.8 Å². The maximum absolute atomic E-state index is 13.8. The quantitative estimate of drug-likeness (QED) is 0.535. The van der Waals surface area contributed by atoms with Crippen molar-refractivity contribution in [2.24, 2.45) is 5.92 Å². The van der Waals surface area contributed by atoms with Crippen LogP contribution in [0, 0.1) is 5.92 Å². The van der Waals surface area contributed by atoms with Gasteiger partial charge in [0.2, 0.25) is 15.9 Å². The number of amides is 2. The van der Waals surface area contributed by atoms with Crippen LogP contribution < -0.4 is 10.9 Å². The summed E-state index contributed by atoms with van der Waals surface area (Å²) in [6, 6.07) is 1.78. The zero-order valence-corrected chi connectivity index (χ0v) is 25.7. The summed E-state index contributed by atoms with van der Waals surface area (Å²) >= 11 is 0. The Morgan fingerprint density at radius 1 is 0.950 bits per heavy atom. The molecule has 2 heterocycles. The number of hydrogen-bond acceptors (Lipinski definition) is 5. The summed E-state index contributed by atoms with van der Waals surface area (Å²) in [5.74, 6) is -0.349. The lowest BCUT2D eigenvalue weighted by atomic mass is 9.88. The number of pyridine rings is 1. The van der Waals surface area contributed by atoms with Crippen molar-refractivity contribution in [2.45, 2.75) is 116 Å². The predicted molar refractivity (Wildman–Crippen MR) is 157 cm³/mol. The van der Waals surface area contributed by atoms with Crippen LogP contribution in [-0.2, 0) is 34.2 Å². The Bertz CT molecular complexity index is 1240. The van der Waals surface area contributed by atoms with Gasteiger partial charge in [-0.1, -0.05) is 32.1 Å². The third-order valence-electron chi connectivity index (χ3n) is 8.95. The van der Waals surface area contributed by atoms with Gasteiger partial charge in [0, 0.05) is 38.4 Å². The van der Waals surface area contributed by atoms with E-state index in [1.807, 2.05) is 4.57 Å². The van der Waals surface area contributed by atoms with Crippen LogP contribution in [0.5, 0.6) is 0 Å². The Labute approximate surface area is 239 Å². The summed E-state index contributed by atoms with van der Waals surface area (Å²) in [5, 5.41) is 2.34. The average molecular weight is 577 g/mol. The Morgan fingerprint density at radius 3 is 2.17 bits per heavy atom. The minimum absolute atomic E-state index is 0.115. The number of fused-ring (bicyclic) bond motifs is 1. The summed E-state index contributed by atoms with van der Waals surface area (Å²) in [5.41, 5.74) is 0.798. The van der Waals surface area contributed by atoms with Gasteiger partial charge in [-0.05, 0) is 83.8 Å². The van der Waals surface area contributed by atoms with E-state index in [-0.39, 0.29) is 43.2 Å². The molecule has 2 aliphatic carbocycles. The zero-order valence-electron chi connectivity index (χ0n) is 24.8. The molecule has 1 aromatic rings.